The average molecular weight is 324 g/mol. The summed E-state index contributed by atoms with van der Waals surface area (Å²) in [5, 5.41) is 0. The zero-order valence-electron chi connectivity index (χ0n) is 12.7. The smallest absolute Gasteiger partial charge is 0.327 e. The Hall–Kier alpha value is -1.69. The summed E-state index contributed by atoms with van der Waals surface area (Å²) in [4.78, 5) is 24.2. The van der Waals surface area contributed by atoms with Crippen molar-refractivity contribution in [1.29, 1.82) is 0 Å². The van der Waals surface area contributed by atoms with Gasteiger partial charge in [0.2, 0.25) is 0 Å². The molecule has 2 atom stereocenters. The Kier molecular flexibility index (Phi) is 4.70. The second-order valence-electron chi connectivity index (χ2n) is 5.75. The van der Waals surface area contributed by atoms with E-state index < -0.39 is 26.5 Å². The highest BCUT2D eigenvalue weighted by atomic mass is 32.2. The fourth-order valence-corrected chi connectivity index (χ4v) is 4.99. The minimum atomic E-state index is -3.96. The van der Waals surface area contributed by atoms with Gasteiger partial charge in [-0.05, 0) is 37.8 Å². The Morgan fingerprint density at radius 2 is 1.91 bits per heavy atom. The van der Waals surface area contributed by atoms with Gasteiger partial charge in [-0.3, -0.25) is 9.59 Å². The Bertz CT molecular complexity index is 665. The van der Waals surface area contributed by atoms with E-state index in [0.717, 1.165) is 0 Å². The van der Waals surface area contributed by atoms with Crippen molar-refractivity contribution in [2.75, 3.05) is 7.11 Å². The van der Waals surface area contributed by atoms with Gasteiger partial charge >= 0.3 is 5.97 Å². The zero-order chi connectivity index (χ0) is 16.4. The van der Waals surface area contributed by atoms with E-state index >= 15 is 0 Å². The molecule has 0 aromatic heterocycles. The van der Waals surface area contributed by atoms with Crippen molar-refractivity contribution < 1.29 is 22.7 Å². The molecule has 0 spiro atoms. The summed E-state index contributed by atoms with van der Waals surface area (Å²) < 4.78 is 29.1. The second kappa shape index (κ2) is 6.20. The third-order valence-electron chi connectivity index (χ3n) is 4.46. The standard InChI is InChI=1S/C16H20O5S/c1-16(15(18)21-2,12-7-6-8-13(17)11-12)22(19,20)14-9-4-3-5-10-14/h3-5,9-10,12H,6-8,11H2,1-2H3/t12?,16-/m0/s1. The maximum absolute atomic E-state index is 13.0. The van der Waals surface area contributed by atoms with Gasteiger partial charge < -0.3 is 4.74 Å². The summed E-state index contributed by atoms with van der Waals surface area (Å²) >= 11 is 0. The van der Waals surface area contributed by atoms with E-state index in [1.807, 2.05) is 0 Å². The van der Waals surface area contributed by atoms with Crippen LogP contribution in [0.3, 0.4) is 0 Å². The molecule has 1 fully saturated rings. The fourth-order valence-electron chi connectivity index (χ4n) is 3.04. The van der Waals surface area contributed by atoms with E-state index in [2.05, 4.69) is 0 Å². The predicted octanol–water partition coefficient (Wildman–Crippen LogP) is 2.15. The van der Waals surface area contributed by atoms with Gasteiger partial charge in [0.25, 0.3) is 0 Å². The molecule has 0 saturated heterocycles. The molecule has 1 aliphatic carbocycles. The zero-order valence-corrected chi connectivity index (χ0v) is 13.6. The maximum atomic E-state index is 13.0. The number of rotatable bonds is 4. The number of sulfone groups is 1. The molecule has 0 N–H and O–H groups in total. The van der Waals surface area contributed by atoms with Crippen molar-refractivity contribution in [2.45, 2.75) is 42.2 Å². The normalized spacial score (nSPS) is 21.9. The fraction of sp³-hybridized carbons (Fsp3) is 0.500. The van der Waals surface area contributed by atoms with Crippen LogP contribution in [0.5, 0.6) is 0 Å². The van der Waals surface area contributed by atoms with Crippen molar-refractivity contribution in [3.63, 3.8) is 0 Å². The van der Waals surface area contributed by atoms with Gasteiger partial charge in [0, 0.05) is 12.8 Å². The third-order valence-corrected chi connectivity index (χ3v) is 6.97. The minimum Gasteiger partial charge on any atom is -0.468 e. The van der Waals surface area contributed by atoms with Crippen LogP contribution in [0.25, 0.3) is 0 Å². The predicted molar refractivity (Wildman–Crippen MR) is 81.0 cm³/mol. The van der Waals surface area contributed by atoms with Crippen LogP contribution in [0, 0.1) is 5.92 Å². The number of ether oxygens (including phenoxy) is 1. The highest BCUT2D eigenvalue weighted by molar-refractivity contribution is 7.93. The lowest BCUT2D eigenvalue weighted by atomic mass is 9.79. The van der Waals surface area contributed by atoms with Crippen LogP contribution in [-0.4, -0.2) is 32.0 Å². The number of esters is 1. The van der Waals surface area contributed by atoms with Gasteiger partial charge in [-0.1, -0.05) is 18.2 Å². The first-order valence-electron chi connectivity index (χ1n) is 7.24. The number of carbonyl (C=O) groups excluding carboxylic acids is 2. The van der Waals surface area contributed by atoms with Crippen molar-refractivity contribution >= 4 is 21.6 Å². The molecule has 1 saturated carbocycles. The summed E-state index contributed by atoms with van der Waals surface area (Å²) in [5.41, 5.74) is 0. The lowest BCUT2D eigenvalue weighted by molar-refractivity contribution is -0.145. The number of hydrogen-bond acceptors (Lipinski definition) is 5. The molecule has 1 unspecified atom stereocenters. The first-order chi connectivity index (χ1) is 10.3. The van der Waals surface area contributed by atoms with E-state index in [9.17, 15) is 18.0 Å². The quantitative estimate of drug-likeness (QED) is 0.793. The molecule has 2 rings (SSSR count). The van der Waals surface area contributed by atoms with E-state index in [0.29, 0.717) is 19.3 Å². The minimum absolute atomic E-state index is 0.00496. The number of carbonyl (C=O) groups is 2. The molecule has 0 aliphatic heterocycles. The number of benzene rings is 1. The van der Waals surface area contributed by atoms with Gasteiger partial charge in [-0.2, -0.15) is 0 Å². The second-order valence-corrected chi connectivity index (χ2v) is 8.07. The molecule has 1 aliphatic rings. The van der Waals surface area contributed by atoms with Crippen molar-refractivity contribution in [3.8, 4) is 0 Å². The van der Waals surface area contributed by atoms with Gasteiger partial charge in [0.05, 0.1) is 12.0 Å². The maximum Gasteiger partial charge on any atom is 0.327 e. The molecule has 5 nitrogen and oxygen atoms in total. The van der Waals surface area contributed by atoms with Crippen molar-refractivity contribution in [1.82, 2.24) is 0 Å². The molecule has 0 radical (unpaired) electrons. The summed E-state index contributed by atoms with van der Waals surface area (Å²) in [6, 6.07) is 7.84. The molecular weight excluding hydrogens is 304 g/mol. The van der Waals surface area contributed by atoms with Gasteiger partial charge in [0.15, 0.2) is 14.6 Å². The highest BCUT2D eigenvalue weighted by Gasteiger charge is 2.54. The monoisotopic (exact) mass is 324 g/mol. The van der Waals surface area contributed by atoms with E-state index in [1.165, 1.54) is 26.2 Å². The largest absolute Gasteiger partial charge is 0.468 e. The van der Waals surface area contributed by atoms with Gasteiger partial charge in [-0.25, -0.2) is 8.42 Å². The topological polar surface area (TPSA) is 77.5 Å². The van der Waals surface area contributed by atoms with Crippen LogP contribution in [0.15, 0.2) is 35.2 Å². The van der Waals surface area contributed by atoms with Crippen LogP contribution < -0.4 is 0 Å². The molecule has 120 valence electrons. The lowest BCUT2D eigenvalue weighted by Crippen LogP contribution is -2.52. The lowest BCUT2D eigenvalue weighted by Gasteiger charge is -2.36. The molecule has 0 amide bonds. The Balaban J connectivity index is 2.54. The third kappa shape index (κ3) is 2.67. The van der Waals surface area contributed by atoms with Crippen LogP contribution >= 0.6 is 0 Å². The summed E-state index contributed by atoms with van der Waals surface area (Å²) in [6.07, 6.45) is 1.65. The van der Waals surface area contributed by atoms with E-state index in [4.69, 9.17) is 4.74 Å². The van der Waals surface area contributed by atoms with Gasteiger partial charge in [0.1, 0.15) is 5.78 Å². The Morgan fingerprint density at radius 1 is 1.27 bits per heavy atom. The summed E-state index contributed by atoms with van der Waals surface area (Å²) in [6.45, 7) is 1.38. The number of Topliss-reactive ketones (excluding diaryl/α,β-unsaturated/α-hetero) is 1. The number of hydrogen-bond donors (Lipinski definition) is 0. The molecule has 0 bridgehead atoms. The first-order valence-corrected chi connectivity index (χ1v) is 8.72. The molecular formula is C16H20O5S. The van der Waals surface area contributed by atoms with E-state index in [1.54, 1.807) is 18.2 Å². The van der Waals surface area contributed by atoms with Gasteiger partial charge in [-0.15, -0.1) is 0 Å². The van der Waals surface area contributed by atoms with Crippen LogP contribution in [-0.2, 0) is 24.2 Å². The molecule has 1 aromatic carbocycles. The molecule has 0 heterocycles. The first kappa shape index (κ1) is 16.7. The number of methoxy groups -OCH3 is 1. The highest BCUT2D eigenvalue weighted by Crippen LogP contribution is 2.40. The van der Waals surface area contributed by atoms with Crippen molar-refractivity contribution in [2.24, 2.45) is 5.92 Å². The molecule has 1 aromatic rings. The van der Waals surface area contributed by atoms with Crippen molar-refractivity contribution in [3.05, 3.63) is 30.3 Å². The van der Waals surface area contributed by atoms with Crippen LogP contribution in [0.4, 0.5) is 0 Å². The summed E-state index contributed by atoms with van der Waals surface area (Å²) in [7, 11) is -2.79. The number of ketones is 1. The van der Waals surface area contributed by atoms with Crippen LogP contribution in [0.2, 0.25) is 0 Å². The molecule has 6 heteroatoms. The Morgan fingerprint density at radius 3 is 2.45 bits per heavy atom. The Labute approximate surface area is 130 Å². The SMILES string of the molecule is COC(=O)[C@](C)(C1CCCC(=O)C1)S(=O)(=O)c1ccccc1. The molecule has 22 heavy (non-hydrogen) atoms. The average Bonchev–Trinajstić information content (AvgIpc) is 2.53. The van der Waals surface area contributed by atoms with Crippen LogP contribution in [0.1, 0.15) is 32.6 Å². The summed E-state index contributed by atoms with van der Waals surface area (Å²) in [5.74, 6) is -1.38. The van der Waals surface area contributed by atoms with E-state index in [-0.39, 0.29) is 17.1 Å².